The largest absolute Gasteiger partial charge is 0.467 e. The van der Waals surface area contributed by atoms with Gasteiger partial charge < -0.3 is 20.4 Å². The number of nitrogens with one attached hydrogen (secondary N) is 3. The lowest BCUT2D eigenvalue weighted by Gasteiger charge is -2.55. The minimum absolute atomic E-state index is 0.113. The molecule has 2 aromatic rings. The highest BCUT2D eigenvalue weighted by Gasteiger charge is 2.54. The molecule has 3 N–H and O–H groups in total. The van der Waals surface area contributed by atoms with Gasteiger partial charge in [-0.3, -0.25) is 14.4 Å². The van der Waals surface area contributed by atoms with Crippen molar-refractivity contribution in [1.29, 1.82) is 0 Å². The summed E-state index contributed by atoms with van der Waals surface area (Å²) in [5.41, 5.74) is 1.20. The zero-order valence-electron chi connectivity index (χ0n) is 19.5. The molecule has 7 heteroatoms. The smallest absolute Gasteiger partial charge is 0.251 e. The van der Waals surface area contributed by atoms with Crippen molar-refractivity contribution in [2.24, 2.45) is 23.2 Å². The Morgan fingerprint density at radius 1 is 0.882 bits per heavy atom. The van der Waals surface area contributed by atoms with Crippen LogP contribution in [0, 0.1) is 23.2 Å². The van der Waals surface area contributed by atoms with Gasteiger partial charge in [0.25, 0.3) is 5.91 Å². The third-order valence-electron chi connectivity index (χ3n) is 7.84. The second kappa shape index (κ2) is 9.65. The highest BCUT2D eigenvalue weighted by Crippen LogP contribution is 2.60. The van der Waals surface area contributed by atoms with Crippen LogP contribution in [-0.4, -0.2) is 24.3 Å². The number of furan rings is 1. The molecule has 4 bridgehead atoms. The first-order valence-electron chi connectivity index (χ1n) is 12.4. The first-order chi connectivity index (χ1) is 16.5. The molecule has 180 valence electrons. The van der Waals surface area contributed by atoms with E-state index in [1.807, 2.05) is 6.07 Å². The molecule has 7 nitrogen and oxygen atoms in total. The maximum absolute atomic E-state index is 13.0. The molecule has 0 spiro atoms. The van der Waals surface area contributed by atoms with Crippen LogP contribution in [-0.2, 0) is 22.7 Å². The number of benzene rings is 1. The number of carbonyl (C=O) groups excluding carboxylic acids is 3. The normalized spacial score (nSPS) is 26.8. The maximum Gasteiger partial charge on any atom is 0.251 e. The van der Waals surface area contributed by atoms with Gasteiger partial charge in [-0.15, -0.1) is 0 Å². The molecule has 0 radical (unpaired) electrons. The molecule has 3 amide bonds. The average molecular weight is 464 g/mol. The second-order valence-electron chi connectivity index (χ2n) is 10.4. The van der Waals surface area contributed by atoms with Gasteiger partial charge in [0.05, 0.1) is 12.8 Å². The van der Waals surface area contributed by atoms with Crippen LogP contribution in [0.3, 0.4) is 0 Å². The monoisotopic (exact) mass is 463 g/mol. The van der Waals surface area contributed by atoms with E-state index >= 15 is 0 Å². The SMILES string of the molecule is O=C(CCNC(=O)C12CC3CC(CC(C3)C1)C2)NCc1cccc(C(=O)NCc2ccco2)c1. The fourth-order valence-corrected chi connectivity index (χ4v) is 6.66. The predicted octanol–water partition coefficient (Wildman–Crippen LogP) is 3.55. The number of hydrogen-bond donors (Lipinski definition) is 3. The summed E-state index contributed by atoms with van der Waals surface area (Å²) in [6.45, 7) is 1.02. The van der Waals surface area contributed by atoms with Crippen molar-refractivity contribution in [3.05, 3.63) is 59.5 Å². The molecule has 1 aromatic carbocycles. The summed E-state index contributed by atoms with van der Waals surface area (Å²) in [4.78, 5) is 37.7. The lowest BCUT2D eigenvalue weighted by atomic mass is 9.49. The van der Waals surface area contributed by atoms with Crippen molar-refractivity contribution >= 4 is 17.7 Å². The third-order valence-corrected chi connectivity index (χ3v) is 7.84. The summed E-state index contributed by atoms with van der Waals surface area (Å²) >= 11 is 0. The van der Waals surface area contributed by atoms with E-state index in [4.69, 9.17) is 4.42 Å². The highest BCUT2D eigenvalue weighted by molar-refractivity contribution is 5.94. The van der Waals surface area contributed by atoms with Crippen molar-refractivity contribution in [2.75, 3.05) is 6.54 Å². The van der Waals surface area contributed by atoms with Gasteiger partial charge in [0, 0.05) is 30.5 Å². The van der Waals surface area contributed by atoms with E-state index in [1.165, 1.54) is 19.3 Å². The lowest BCUT2D eigenvalue weighted by Crippen LogP contribution is -2.53. The molecule has 6 rings (SSSR count). The van der Waals surface area contributed by atoms with Crippen LogP contribution in [0.2, 0.25) is 0 Å². The van der Waals surface area contributed by atoms with E-state index in [0.29, 0.717) is 31.0 Å². The van der Waals surface area contributed by atoms with E-state index in [-0.39, 0.29) is 29.6 Å². The van der Waals surface area contributed by atoms with E-state index in [1.54, 1.807) is 36.6 Å². The first kappa shape index (κ1) is 22.7. The van der Waals surface area contributed by atoms with Gasteiger partial charge in [-0.25, -0.2) is 0 Å². The van der Waals surface area contributed by atoms with Crippen molar-refractivity contribution in [3.63, 3.8) is 0 Å². The molecular formula is C27H33N3O4. The van der Waals surface area contributed by atoms with Crippen LogP contribution in [0.15, 0.2) is 47.1 Å². The zero-order chi connectivity index (χ0) is 23.5. The molecule has 0 unspecified atom stereocenters. The van der Waals surface area contributed by atoms with E-state index in [2.05, 4.69) is 16.0 Å². The molecule has 0 atom stereocenters. The molecule has 0 saturated heterocycles. The molecule has 1 aromatic heterocycles. The summed E-state index contributed by atoms with van der Waals surface area (Å²) in [5, 5.41) is 8.77. The van der Waals surface area contributed by atoms with Gasteiger partial charge in [0.1, 0.15) is 5.76 Å². The van der Waals surface area contributed by atoms with Crippen molar-refractivity contribution < 1.29 is 18.8 Å². The average Bonchev–Trinajstić information content (AvgIpc) is 3.34. The Morgan fingerprint density at radius 3 is 2.29 bits per heavy atom. The summed E-state index contributed by atoms with van der Waals surface area (Å²) in [5.74, 6) is 2.71. The molecule has 4 saturated carbocycles. The lowest BCUT2D eigenvalue weighted by molar-refractivity contribution is -0.146. The zero-order valence-corrected chi connectivity index (χ0v) is 19.5. The van der Waals surface area contributed by atoms with E-state index in [9.17, 15) is 14.4 Å². The Labute approximate surface area is 200 Å². The quantitative estimate of drug-likeness (QED) is 0.529. The number of rotatable bonds is 9. The summed E-state index contributed by atoms with van der Waals surface area (Å²) < 4.78 is 5.23. The predicted molar refractivity (Wildman–Crippen MR) is 126 cm³/mol. The Morgan fingerprint density at radius 2 is 1.62 bits per heavy atom. The van der Waals surface area contributed by atoms with Crippen LogP contribution in [0.4, 0.5) is 0 Å². The molecule has 0 aliphatic heterocycles. The first-order valence-corrected chi connectivity index (χ1v) is 12.4. The van der Waals surface area contributed by atoms with Crippen LogP contribution < -0.4 is 16.0 Å². The third kappa shape index (κ3) is 5.03. The molecular weight excluding hydrogens is 430 g/mol. The van der Waals surface area contributed by atoms with Gasteiger partial charge in [0.2, 0.25) is 11.8 Å². The fourth-order valence-electron chi connectivity index (χ4n) is 6.66. The Balaban J connectivity index is 1.05. The molecule has 4 aliphatic rings. The van der Waals surface area contributed by atoms with Crippen LogP contribution in [0.1, 0.15) is 66.6 Å². The van der Waals surface area contributed by atoms with Crippen molar-refractivity contribution in [1.82, 2.24) is 16.0 Å². The minimum atomic E-state index is -0.197. The summed E-state index contributed by atoms with van der Waals surface area (Å²) in [7, 11) is 0. The number of hydrogen-bond acceptors (Lipinski definition) is 4. The van der Waals surface area contributed by atoms with Crippen LogP contribution in [0.25, 0.3) is 0 Å². The van der Waals surface area contributed by atoms with Crippen molar-refractivity contribution in [3.8, 4) is 0 Å². The number of carbonyl (C=O) groups is 3. The Kier molecular flexibility index (Phi) is 6.44. The van der Waals surface area contributed by atoms with Gasteiger partial charge in [0.15, 0.2) is 0 Å². The fraction of sp³-hybridized carbons (Fsp3) is 0.519. The van der Waals surface area contributed by atoms with Gasteiger partial charge >= 0.3 is 0 Å². The van der Waals surface area contributed by atoms with E-state index in [0.717, 1.165) is 42.6 Å². The number of amides is 3. The molecule has 4 fully saturated rings. The van der Waals surface area contributed by atoms with Crippen molar-refractivity contribution in [2.45, 2.75) is 58.0 Å². The van der Waals surface area contributed by atoms with Gasteiger partial charge in [-0.1, -0.05) is 12.1 Å². The summed E-state index contributed by atoms with van der Waals surface area (Å²) in [6, 6.07) is 10.8. The topological polar surface area (TPSA) is 100 Å². The minimum Gasteiger partial charge on any atom is -0.467 e. The summed E-state index contributed by atoms with van der Waals surface area (Å²) in [6.07, 6.45) is 8.83. The maximum atomic E-state index is 13.0. The molecule has 4 aliphatic carbocycles. The van der Waals surface area contributed by atoms with Crippen LogP contribution in [0.5, 0.6) is 0 Å². The Hall–Kier alpha value is -3.09. The van der Waals surface area contributed by atoms with E-state index < -0.39 is 0 Å². The van der Waals surface area contributed by atoms with Crippen LogP contribution >= 0.6 is 0 Å². The molecule has 1 heterocycles. The molecule has 34 heavy (non-hydrogen) atoms. The second-order valence-corrected chi connectivity index (χ2v) is 10.4. The standard InChI is InChI=1S/C27H33N3O4/c31-24(6-7-28-26(33)27-13-19-9-20(14-27)11-21(10-19)15-27)29-16-18-3-1-4-22(12-18)25(32)30-17-23-5-2-8-34-23/h1-5,8,12,19-21H,6-7,9-11,13-17H2,(H,28,33)(H,29,31)(H,30,32). The Bertz CT molecular complexity index is 1010. The highest BCUT2D eigenvalue weighted by atomic mass is 16.3. The van der Waals surface area contributed by atoms with Gasteiger partial charge in [-0.05, 0) is 86.1 Å². The van der Waals surface area contributed by atoms with Gasteiger partial charge in [-0.2, -0.15) is 0 Å².